The van der Waals surface area contributed by atoms with Gasteiger partial charge in [-0.3, -0.25) is 0 Å². The number of hydrogen-bond donors (Lipinski definition) is 1. The summed E-state index contributed by atoms with van der Waals surface area (Å²) in [4.78, 5) is 0. The van der Waals surface area contributed by atoms with Gasteiger partial charge in [-0.1, -0.05) is 24.3 Å². The molecule has 2 saturated carbocycles. The van der Waals surface area contributed by atoms with Gasteiger partial charge in [0, 0.05) is 6.04 Å². The highest BCUT2D eigenvalue weighted by Crippen LogP contribution is 2.56. The van der Waals surface area contributed by atoms with E-state index in [1.807, 2.05) is 0 Å². The fraction of sp³-hybridized carbons (Fsp3) is 0.571. The Morgan fingerprint density at radius 3 is 2.47 bits per heavy atom. The Bertz CT molecular complexity index is 361. The fourth-order valence-electron chi connectivity index (χ4n) is 3.27. The van der Waals surface area contributed by atoms with E-state index in [-0.39, 0.29) is 6.04 Å². The quantitative estimate of drug-likeness (QED) is 0.782. The van der Waals surface area contributed by atoms with Crippen LogP contribution in [0.5, 0.6) is 0 Å². The van der Waals surface area contributed by atoms with Crippen molar-refractivity contribution in [2.45, 2.75) is 32.2 Å². The van der Waals surface area contributed by atoms with Gasteiger partial charge in [0.2, 0.25) is 0 Å². The monoisotopic (exact) mass is 201 g/mol. The summed E-state index contributed by atoms with van der Waals surface area (Å²) in [6, 6.07) is 8.85. The van der Waals surface area contributed by atoms with Gasteiger partial charge >= 0.3 is 0 Å². The first kappa shape index (κ1) is 9.41. The zero-order chi connectivity index (χ0) is 10.4. The number of benzene rings is 1. The second-order valence-electron chi connectivity index (χ2n) is 5.37. The van der Waals surface area contributed by atoms with Crippen molar-refractivity contribution in [2.24, 2.45) is 23.5 Å². The van der Waals surface area contributed by atoms with E-state index in [0.29, 0.717) is 0 Å². The van der Waals surface area contributed by atoms with Gasteiger partial charge in [-0.05, 0) is 55.1 Å². The van der Waals surface area contributed by atoms with Crippen LogP contribution in [0, 0.1) is 24.7 Å². The van der Waals surface area contributed by atoms with E-state index < -0.39 is 0 Å². The van der Waals surface area contributed by atoms with Gasteiger partial charge in [0.05, 0.1) is 0 Å². The van der Waals surface area contributed by atoms with Gasteiger partial charge in [0.1, 0.15) is 0 Å². The van der Waals surface area contributed by atoms with Gasteiger partial charge in [-0.15, -0.1) is 0 Å². The lowest BCUT2D eigenvalue weighted by Crippen LogP contribution is -2.21. The Morgan fingerprint density at radius 1 is 1.13 bits per heavy atom. The number of fused-ring (bicyclic) bond motifs is 1. The average Bonchev–Trinajstić information content (AvgIpc) is 2.86. The molecule has 2 aliphatic carbocycles. The lowest BCUT2D eigenvalue weighted by molar-refractivity contribution is 0.403. The molecule has 3 atom stereocenters. The standard InChI is InChI=1S/C14H19N/c1-9-4-2-3-5-13(9)14(15)12-7-10-6-11(10)8-12/h2-5,10-12,14H,6-8,15H2,1H3. The number of rotatable bonds is 2. The molecule has 0 saturated heterocycles. The average molecular weight is 201 g/mol. The minimum Gasteiger partial charge on any atom is -0.324 e. The largest absolute Gasteiger partial charge is 0.324 e. The molecule has 0 spiro atoms. The van der Waals surface area contributed by atoms with Crippen molar-refractivity contribution in [1.29, 1.82) is 0 Å². The molecule has 1 aromatic carbocycles. The summed E-state index contributed by atoms with van der Waals surface area (Å²) in [6.45, 7) is 2.17. The summed E-state index contributed by atoms with van der Waals surface area (Å²) in [5.41, 5.74) is 9.10. The van der Waals surface area contributed by atoms with Crippen LogP contribution in [-0.4, -0.2) is 0 Å². The topological polar surface area (TPSA) is 26.0 Å². The lowest BCUT2D eigenvalue weighted by Gasteiger charge is -2.22. The van der Waals surface area contributed by atoms with Crippen molar-refractivity contribution in [3.63, 3.8) is 0 Å². The molecule has 2 fully saturated rings. The molecule has 1 aromatic rings. The first-order valence-corrected chi connectivity index (χ1v) is 6.07. The molecule has 0 aliphatic heterocycles. The molecular weight excluding hydrogens is 182 g/mol. The Kier molecular flexibility index (Phi) is 2.10. The highest BCUT2D eigenvalue weighted by Gasteiger charge is 2.47. The number of aryl methyl sites for hydroxylation is 1. The summed E-state index contributed by atoms with van der Waals surface area (Å²) in [7, 11) is 0. The number of hydrogen-bond acceptors (Lipinski definition) is 1. The van der Waals surface area contributed by atoms with Gasteiger partial charge in [0.15, 0.2) is 0 Å². The van der Waals surface area contributed by atoms with E-state index in [4.69, 9.17) is 5.73 Å². The van der Waals surface area contributed by atoms with Crippen LogP contribution in [0.3, 0.4) is 0 Å². The van der Waals surface area contributed by atoms with Crippen LogP contribution in [-0.2, 0) is 0 Å². The van der Waals surface area contributed by atoms with Gasteiger partial charge < -0.3 is 5.73 Å². The zero-order valence-corrected chi connectivity index (χ0v) is 9.32. The van der Waals surface area contributed by atoms with Crippen molar-refractivity contribution in [1.82, 2.24) is 0 Å². The summed E-state index contributed by atoms with van der Waals surface area (Å²) in [5.74, 6) is 2.81. The smallest absolute Gasteiger partial charge is 0.0326 e. The molecular formula is C14H19N. The Labute approximate surface area is 91.7 Å². The van der Waals surface area contributed by atoms with E-state index in [1.54, 1.807) is 0 Å². The first-order chi connectivity index (χ1) is 7.25. The van der Waals surface area contributed by atoms with Crippen LogP contribution >= 0.6 is 0 Å². The number of nitrogens with two attached hydrogens (primary N) is 1. The van der Waals surface area contributed by atoms with Crippen LogP contribution in [0.15, 0.2) is 24.3 Å². The van der Waals surface area contributed by atoms with E-state index in [1.165, 1.54) is 30.4 Å². The minimum atomic E-state index is 0.277. The summed E-state index contributed by atoms with van der Waals surface area (Å²) in [5, 5.41) is 0. The maximum Gasteiger partial charge on any atom is 0.0326 e. The lowest BCUT2D eigenvalue weighted by atomic mass is 9.88. The molecule has 2 N–H and O–H groups in total. The molecule has 1 heteroatoms. The highest BCUT2D eigenvalue weighted by molar-refractivity contribution is 5.29. The van der Waals surface area contributed by atoms with Crippen molar-refractivity contribution in [3.8, 4) is 0 Å². The second kappa shape index (κ2) is 3.34. The third-order valence-corrected chi connectivity index (χ3v) is 4.34. The van der Waals surface area contributed by atoms with Crippen molar-refractivity contribution >= 4 is 0 Å². The summed E-state index contributed by atoms with van der Waals surface area (Å²) >= 11 is 0. The molecule has 0 aromatic heterocycles. The van der Waals surface area contributed by atoms with Crippen LogP contribution < -0.4 is 5.73 Å². The van der Waals surface area contributed by atoms with E-state index >= 15 is 0 Å². The molecule has 80 valence electrons. The fourth-order valence-corrected chi connectivity index (χ4v) is 3.27. The van der Waals surface area contributed by atoms with Crippen LogP contribution in [0.25, 0.3) is 0 Å². The Morgan fingerprint density at radius 2 is 1.80 bits per heavy atom. The van der Waals surface area contributed by atoms with E-state index in [0.717, 1.165) is 17.8 Å². The van der Waals surface area contributed by atoms with Crippen LogP contribution in [0.1, 0.15) is 36.4 Å². The second-order valence-corrected chi connectivity index (χ2v) is 5.37. The molecule has 0 radical (unpaired) electrons. The maximum absolute atomic E-state index is 6.38. The summed E-state index contributed by atoms with van der Waals surface area (Å²) in [6.07, 6.45) is 4.23. The first-order valence-electron chi connectivity index (χ1n) is 6.07. The Balaban J connectivity index is 1.79. The molecule has 0 amide bonds. The van der Waals surface area contributed by atoms with Gasteiger partial charge in [0.25, 0.3) is 0 Å². The van der Waals surface area contributed by atoms with Gasteiger partial charge in [-0.2, -0.15) is 0 Å². The predicted octanol–water partition coefficient (Wildman–Crippen LogP) is 3.04. The Hall–Kier alpha value is -0.820. The van der Waals surface area contributed by atoms with Crippen molar-refractivity contribution in [3.05, 3.63) is 35.4 Å². The molecule has 3 unspecified atom stereocenters. The third kappa shape index (κ3) is 1.59. The maximum atomic E-state index is 6.38. The molecule has 1 nitrogen and oxygen atoms in total. The molecule has 3 rings (SSSR count). The molecule has 0 heterocycles. The summed E-state index contributed by atoms with van der Waals surface area (Å²) < 4.78 is 0. The zero-order valence-electron chi connectivity index (χ0n) is 9.32. The van der Waals surface area contributed by atoms with Crippen LogP contribution in [0.4, 0.5) is 0 Å². The minimum absolute atomic E-state index is 0.277. The van der Waals surface area contributed by atoms with E-state index in [2.05, 4.69) is 31.2 Å². The molecule has 2 aliphatic rings. The van der Waals surface area contributed by atoms with E-state index in [9.17, 15) is 0 Å². The SMILES string of the molecule is Cc1ccccc1C(N)C1CC2CC2C1. The third-order valence-electron chi connectivity index (χ3n) is 4.34. The highest BCUT2D eigenvalue weighted by atomic mass is 14.7. The molecule has 15 heavy (non-hydrogen) atoms. The predicted molar refractivity (Wildman–Crippen MR) is 62.4 cm³/mol. The van der Waals surface area contributed by atoms with Crippen molar-refractivity contribution < 1.29 is 0 Å². The normalized spacial score (nSPS) is 34.9. The van der Waals surface area contributed by atoms with Crippen LogP contribution in [0.2, 0.25) is 0 Å². The van der Waals surface area contributed by atoms with Crippen molar-refractivity contribution in [2.75, 3.05) is 0 Å². The molecule has 0 bridgehead atoms. The van der Waals surface area contributed by atoms with Gasteiger partial charge in [-0.25, -0.2) is 0 Å².